The molecule has 0 aliphatic heterocycles. The van der Waals surface area contributed by atoms with Gasteiger partial charge in [-0.3, -0.25) is 4.68 Å². The highest BCUT2D eigenvalue weighted by atomic mass is 16.5. The fourth-order valence-electron chi connectivity index (χ4n) is 2.50. The molecule has 1 atom stereocenters. The Morgan fingerprint density at radius 1 is 0.826 bits per heavy atom. The van der Waals surface area contributed by atoms with E-state index < -0.39 is 0 Å². The quantitative estimate of drug-likeness (QED) is 0.709. The molecule has 0 amide bonds. The summed E-state index contributed by atoms with van der Waals surface area (Å²) in [5.74, 6) is 1.71. The number of aromatic nitrogens is 2. The Labute approximate surface area is 136 Å². The van der Waals surface area contributed by atoms with Crippen molar-refractivity contribution in [2.45, 2.75) is 13.0 Å². The second-order valence-electron chi connectivity index (χ2n) is 5.36. The summed E-state index contributed by atoms with van der Waals surface area (Å²) in [4.78, 5) is 0. The topological polar surface area (TPSA) is 36.3 Å². The lowest BCUT2D eigenvalue weighted by Crippen LogP contribution is -2.07. The first-order valence-electron chi connectivity index (χ1n) is 7.55. The highest BCUT2D eigenvalue weighted by molar-refractivity contribution is 5.59. The van der Waals surface area contributed by atoms with Crippen LogP contribution < -0.4 is 9.47 Å². The van der Waals surface area contributed by atoms with Gasteiger partial charge in [-0.1, -0.05) is 12.1 Å². The van der Waals surface area contributed by atoms with Gasteiger partial charge in [0.1, 0.15) is 11.5 Å². The van der Waals surface area contributed by atoms with E-state index >= 15 is 0 Å². The van der Waals surface area contributed by atoms with E-state index in [2.05, 4.69) is 19.1 Å². The van der Waals surface area contributed by atoms with Crippen molar-refractivity contribution in [3.63, 3.8) is 0 Å². The molecule has 1 aromatic heterocycles. The third kappa shape index (κ3) is 3.21. The van der Waals surface area contributed by atoms with Gasteiger partial charge in [0.15, 0.2) is 0 Å². The zero-order chi connectivity index (χ0) is 16.2. The van der Waals surface area contributed by atoms with Crippen LogP contribution in [0.1, 0.15) is 18.5 Å². The fraction of sp³-hybridized carbons (Fsp3) is 0.211. The smallest absolute Gasteiger partial charge is 0.118 e. The highest BCUT2D eigenvalue weighted by Gasteiger charge is 2.10. The maximum Gasteiger partial charge on any atom is 0.118 e. The Bertz CT molecular complexity index is 761. The van der Waals surface area contributed by atoms with Crippen LogP contribution in [0.3, 0.4) is 0 Å². The SMILES string of the molecule is COc1ccc(-c2ccn(C(C)c3ccc(OC)cc3)n2)cc1. The van der Waals surface area contributed by atoms with Crippen molar-refractivity contribution in [2.75, 3.05) is 14.2 Å². The molecule has 0 saturated heterocycles. The largest absolute Gasteiger partial charge is 0.497 e. The van der Waals surface area contributed by atoms with E-state index in [0.29, 0.717) is 0 Å². The van der Waals surface area contributed by atoms with Crippen LogP contribution in [0.2, 0.25) is 0 Å². The summed E-state index contributed by atoms with van der Waals surface area (Å²) in [5.41, 5.74) is 3.22. The molecule has 1 unspecified atom stereocenters. The zero-order valence-corrected chi connectivity index (χ0v) is 13.6. The molecule has 0 aliphatic rings. The van der Waals surface area contributed by atoms with E-state index in [1.807, 2.05) is 53.3 Å². The number of hydrogen-bond acceptors (Lipinski definition) is 3. The lowest BCUT2D eigenvalue weighted by molar-refractivity contribution is 0.414. The summed E-state index contributed by atoms with van der Waals surface area (Å²) < 4.78 is 12.4. The molecular weight excluding hydrogens is 288 g/mol. The molecule has 0 radical (unpaired) electrons. The average molecular weight is 308 g/mol. The van der Waals surface area contributed by atoms with Crippen molar-refractivity contribution < 1.29 is 9.47 Å². The van der Waals surface area contributed by atoms with Gasteiger partial charge < -0.3 is 9.47 Å². The molecule has 0 bridgehead atoms. The maximum absolute atomic E-state index is 5.20. The van der Waals surface area contributed by atoms with Gasteiger partial charge in [0, 0.05) is 11.8 Å². The van der Waals surface area contributed by atoms with Gasteiger partial charge in [0.2, 0.25) is 0 Å². The van der Waals surface area contributed by atoms with Gasteiger partial charge in [-0.15, -0.1) is 0 Å². The van der Waals surface area contributed by atoms with Crippen molar-refractivity contribution in [2.24, 2.45) is 0 Å². The Hall–Kier alpha value is -2.75. The number of rotatable bonds is 5. The summed E-state index contributed by atoms with van der Waals surface area (Å²) in [7, 11) is 3.34. The third-order valence-corrected chi connectivity index (χ3v) is 3.99. The number of methoxy groups -OCH3 is 2. The summed E-state index contributed by atoms with van der Waals surface area (Å²) in [5, 5.41) is 4.70. The van der Waals surface area contributed by atoms with Crippen molar-refractivity contribution in [1.82, 2.24) is 9.78 Å². The molecule has 2 aromatic carbocycles. The Morgan fingerprint density at radius 3 is 1.96 bits per heavy atom. The minimum absolute atomic E-state index is 0.160. The minimum atomic E-state index is 0.160. The molecule has 0 spiro atoms. The van der Waals surface area contributed by atoms with Gasteiger partial charge in [-0.25, -0.2) is 0 Å². The van der Waals surface area contributed by atoms with Crippen LogP contribution >= 0.6 is 0 Å². The van der Waals surface area contributed by atoms with Crippen molar-refractivity contribution in [3.05, 3.63) is 66.4 Å². The van der Waals surface area contributed by atoms with Crippen molar-refractivity contribution in [1.29, 1.82) is 0 Å². The van der Waals surface area contributed by atoms with Crippen LogP contribution in [0.5, 0.6) is 11.5 Å². The predicted molar refractivity (Wildman–Crippen MR) is 91.0 cm³/mol. The zero-order valence-electron chi connectivity index (χ0n) is 13.6. The summed E-state index contributed by atoms with van der Waals surface area (Å²) in [6.45, 7) is 2.13. The van der Waals surface area contributed by atoms with Gasteiger partial charge >= 0.3 is 0 Å². The van der Waals surface area contributed by atoms with E-state index in [9.17, 15) is 0 Å². The number of ether oxygens (including phenoxy) is 2. The molecule has 0 saturated carbocycles. The van der Waals surface area contributed by atoms with E-state index in [1.165, 1.54) is 5.56 Å². The molecular formula is C19H20N2O2. The van der Waals surface area contributed by atoms with Crippen LogP contribution in [0, 0.1) is 0 Å². The van der Waals surface area contributed by atoms with Gasteiger partial charge in [0.05, 0.1) is 26.0 Å². The van der Waals surface area contributed by atoms with Crippen LogP contribution in [0.4, 0.5) is 0 Å². The molecule has 0 N–H and O–H groups in total. The van der Waals surface area contributed by atoms with Crippen molar-refractivity contribution >= 4 is 0 Å². The van der Waals surface area contributed by atoms with Crippen molar-refractivity contribution in [3.8, 4) is 22.8 Å². The lowest BCUT2D eigenvalue weighted by Gasteiger charge is -2.13. The van der Waals surface area contributed by atoms with Gasteiger partial charge in [0.25, 0.3) is 0 Å². The number of nitrogens with zero attached hydrogens (tertiary/aromatic N) is 2. The third-order valence-electron chi connectivity index (χ3n) is 3.99. The average Bonchev–Trinajstić information content (AvgIpc) is 3.11. The Balaban J connectivity index is 1.82. The van der Waals surface area contributed by atoms with Gasteiger partial charge in [-0.05, 0) is 55.0 Å². The summed E-state index contributed by atoms with van der Waals surface area (Å²) in [6, 6.07) is 18.2. The lowest BCUT2D eigenvalue weighted by atomic mass is 10.1. The van der Waals surface area contributed by atoms with Crippen LogP contribution in [-0.2, 0) is 0 Å². The molecule has 118 valence electrons. The summed E-state index contributed by atoms with van der Waals surface area (Å²) in [6.07, 6.45) is 2.01. The summed E-state index contributed by atoms with van der Waals surface area (Å²) >= 11 is 0. The normalized spacial score (nSPS) is 12.0. The maximum atomic E-state index is 5.20. The molecule has 4 heteroatoms. The first-order chi connectivity index (χ1) is 11.2. The minimum Gasteiger partial charge on any atom is -0.497 e. The van der Waals surface area contributed by atoms with E-state index in [1.54, 1.807) is 14.2 Å². The van der Waals surface area contributed by atoms with Crippen LogP contribution in [-0.4, -0.2) is 24.0 Å². The number of hydrogen-bond donors (Lipinski definition) is 0. The Kier molecular flexibility index (Phi) is 4.33. The Morgan fingerprint density at radius 2 is 1.39 bits per heavy atom. The van der Waals surface area contributed by atoms with Gasteiger partial charge in [-0.2, -0.15) is 5.10 Å². The monoisotopic (exact) mass is 308 g/mol. The molecule has 3 aromatic rings. The first kappa shape index (κ1) is 15.2. The molecule has 0 aliphatic carbocycles. The second-order valence-corrected chi connectivity index (χ2v) is 5.36. The predicted octanol–water partition coefficient (Wildman–Crippen LogP) is 4.18. The van der Waals surface area contributed by atoms with Crippen LogP contribution in [0.25, 0.3) is 11.3 Å². The molecule has 1 heterocycles. The molecule has 3 rings (SSSR count). The van der Waals surface area contributed by atoms with E-state index in [4.69, 9.17) is 14.6 Å². The van der Waals surface area contributed by atoms with E-state index in [0.717, 1.165) is 22.8 Å². The fourth-order valence-corrected chi connectivity index (χ4v) is 2.50. The molecule has 0 fully saturated rings. The number of benzene rings is 2. The van der Waals surface area contributed by atoms with Crippen LogP contribution in [0.15, 0.2) is 60.8 Å². The molecule has 4 nitrogen and oxygen atoms in total. The standard InChI is InChI=1S/C19H20N2O2/c1-14(15-4-8-17(22-2)9-5-15)21-13-12-19(20-21)16-6-10-18(23-3)11-7-16/h4-14H,1-3H3. The van der Waals surface area contributed by atoms with E-state index in [-0.39, 0.29) is 6.04 Å². The first-order valence-corrected chi connectivity index (χ1v) is 7.55. The second kappa shape index (κ2) is 6.57. The molecule has 23 heavy (non-hydrogen) atoms. The highest BCUT2D eigenvalue weighted by Crippen LogP contribution is 2.24.